The molecule has 1 rings (SSSR count). The van der Waals surface area contributed by atoms with Crippen molar-refractivity contribution in [3.8, 4) is 5.75 Å². The normalized spacial score (nSPS) is 12.3. The molecule has 4 nitrogen and oxygen atoms in total. The van der Waals surface area contributed by atoms with Crippen LogP contribution in [0.5, 0.6) is 5.75 Å². The Morgan fingerprint density at radius 3 is 2.65 bits per heavy atom. The van der Waals surface area contributed by atoms with Crippen molar-refractivity contribution in [2.24, 2.45) is 5.92 Å². The molecule has 0 heterocycles. The average Bonchev–Trinajstić information content (AvgIpc) is 2.37. The monoisotopic (exact) mass is 279 g/mol. The lowest BCUT2D eigenvalue weighted by Gasteiger charge is -2.18. The Hall–Kier alpha value is -1.55. The van der Waals surface area contributed by atoms with Gasteiger partial charge in [-0.2, -0.15) is 0 Å². The number of nitrogens with one attached hydrogen (secondary N) is 1. The SMILES string of the molecule is COc1ccc(C)cc1CC(=O)NC(CO)CC(C)C. The summed E-state index contributed by atoms with van der Waals surface area (Å²) in [6, 6.07) is 5.60. The van der Waals surface area contributed by atoms with Crippen molar-refractivity contribution in [2.75, 3.05) is 13.7 Å². The molecule has 0 radical (unpaired) electrons. The second kappa shape index (κ2) is 7.90. The minimum absolute atomic E-state index is 0.0329. The first-order valence-electron chi connectivity index (χ1n) is 7.00. The lowest BCUT2D eigenvalue weighted by Crippen LogP contribution is -2.39. The van der Waals surface area contributed by atoms with E-state index in [-0.39, 0.29) is 25.0 Å². The van der Waals surface area contributed by atoms with E-state index in [1.54, 1.807) is 7.11 Å². The molecule has 1 aromatic carbocycles. The summed E-state index contributed by atoms with van der Waals surface area (Å²) in [6.07, 6.45) is 1.03. The first-order chi connectivity index (χ1) is 9.46. The molecule has 0 aliphatic rings. The Balaban J connectivity index is 2.68. The fourth-order valence-corrected chi connectivity index (χ4v) is 2.25. The number of benzene rings is 1. The van der Waals surface area contributed by atoms with Gasteiger partial charge < -0.3 is 15.2 Å². The summed E-state index contributed by atoms with van der Waals surface area (Å²) in [6.45, 7) is 6.09. The highest BCUT2D eigenvalue weighted by Crippen LogP contribution is 2.20. The molecule has 1 unspecified atom stereocenters. The van der Waals surface area contributed by atoms with Gasteiger partial charge in [0.05, 0.1) is 26.2 Å². The number of carbonyl (C=O) groups is 1. The van der Waals surface area contributed by atoms with E-state index in [2.05, 4.69) is 19.2 Å². The van der Waals surface area contributed by atoms with E-state index in [4.69, 9.17) is 4.74 Å². The minimum atomic E-state index is -0.182. The van der Waals surface area contributed by atoms with Crippen LogP contribution < -0.4 is 10.1 Å². The quantitative estimate of drug-likeness (QED) is 0.803. The van der Waals surface area contributed by atoms with Gasteiger partial charge in [-0.1, -0.05) is 31.5 Å². The van der Waals surface area contributed by atoms with Gasteiger partial charge in [-0.15, -0.1) is 0 Å². The number of methoxy groups -OCH3 is 1. The van der Waals surface area contributed by atoms with E-state index in [1.807, 2.05) is 25.1 Å². The zero-order valence-corrected chi connectivity index (χ0v) is 12.8. The summed E-state index contributed by atoms with van der Waals surface area (Å²) in [5.41, 5.74) is 1.96. The van der Waals surface area contributed by atoms with Crippen LogP contribution in [0.3, 0.4) is 0 Å². The van der Waals surface area contributed by atoms with Gasteiger partial charge in [-0.05, 0) is 25.3 Å². The number of hydrogen-bond acceptors (Lipinski definition) is 3. The van der Waals surface area contributed by atoms with Crippen molar-refractivity contribution in [1.82, 2.24) is 5.32 Å². The molecule has 0 aliphatic heterocycles. The molecular weight excluding hydrogens is 254 g/mol. The number of rotatable bonds is 7. The maximum absolute atomic E-state index is 12.1. The fourth-order valence-electron chi connectivity index (χ4n) is 2.25. The first-order valence-corrected chi connectivity index (χ1v) is 7.00. The molecular formula is C16H25NO3. The van der Waals surface area contributed by atoms with E-state index in [0.29, 0.717) is 5.92 Å². The standard InChI is InChI=1S/C16H25NO3/c1-11(2)7-14(10-18)17-16(19)9-13-8-12(3)5-6-15(13)20-4/h5-6,8,11,14,18H,7,9-10H2,1-4H3,(H,17,19). The Morgan fingerprint density at radius 1 is 1.40 bits per heavy atom. The summed E-state index contributed by atoms with van der Waals surface area (Å²) in [4.78, 5) is 12.1. The van der Waals surface area contributed by atoms with Crippen LogP contribution in [0.1, 0.15) is 31.4 Å². The molecule has 0 saturated carbocycles. The second-order valence-corrected chi connectivity index (χ2v) is 5.57. The minimum Gasteiger partial charge on any atom is -0.496 e. The molecule has 20 heavy (non-hydrogen) atoms. The zero-order chi connectivity index (χ0) is 15.1. The summed E-state index contributed by atoms with van der Waals surface area (Å²) in [7, 11) is 1.60. The van der Waals surface area contributed by atoms with Crippen LogP contribution in [-0.4, -0.2) is 30.8 Å². The van der Waals surface area contributed by atoms with Crippen molar-refractivity contribution < 1.29 is 14.6 Å². The number of carbonyl (C=O) groups excluding carboxylic acids is 1. The van der Waals surface area contributed by atoms with Crippen LogP contribution in [0.4, 0.5) is 0 Å². The third-order valence-corrected chi connectivity index (χ3v) is 3.13. The average molecular weight is 279 g/mol. The largest absolute Gasteiger partial charge is 0.496 e. The van der Waals surface area contributed by atoms with Gasteiger partial charge in [0, 0.05) is 5.56 Å². The van der Waals surface area contributed by atoms with Gasteiger partial charge in [-0.25, -0.2) is 0 Å². The van der Waals surface area contributed by atoms with E-state index >= 15 is 0 Å². The van der Waals surface area contributed by atoms with Crippen molar-refractivity contribution in [1.29, 1.82) is 0 Å². The highest BCUT2D eigenvalue weighted by Gasteiger charge is 2.15. The molecule has 112 valence electrons. The fraction of sp³-hybridized carbons (Fsp3) is 0.562. The van der Waals surface area contributed by atoms with E-state index in [9.17, 15) is 9.90 Å². The Kier molecular flexibility index (Phi) is 6.52. The predicted molar refractivity (Wildman–Crippen MR) is 79.9 cm³/mol. The summed E-state index contributed by atoms with van der Waals surface area (Å²) in [5, 5.41) is 12.2. The maximum atomic E-state index is 12.1. The van der Waals surface area contributed by atoms with Crippen LogP contribution in [-0.2, 0) is 11.2 Å². The molecule has 0 aromatic heterocycles. The Bertz CT molecular complexity index is 443. The highest BCUT2D eigenvalue weighted by atomic mass is 16.5. The highest BCUT2D eigenvalue weighted by molar-refractivity contribution is 5.79. The molecule has 1 atom stereocenters. The van der Waals surface area contributed by atoms with E-state index < -0.39 is 0 Å². The maximum Gasteiger partial charge on any atom is 0.224 e. The zero-order valence-electron chi connectivity index (χ0n) is 12.8. The van der Waals surface area contributed by atoms with Crippen molar-refractivity contribution in [2.45, 2.75) is 39.7 Å². The molecule has 0 aliphatic carbocycles. The first kappa shape index (κ1) is 16.5. The molecule has 0 spiro atoms. The predicted octanol–water partition coefficient (Wildman–Crippen LogP) is 2.07. The Morgan fingerprint density at radius 2 is 2.10 bits per heavy atom. The third-order valence-electron chi connectivity index (χ3n) is 3.13. The number of amides is 1. The van der Waals surface area contributed by atoms with Gasteiger partial charge >= 0.3 is 0 Å². The van der Waals surface area contributed by atoms with Gasteiger partial charge in [0.15, 0.2) is 0 Å². The Labute approximate surface area is 121 Å². The third kappa shape index (κ3) is 5.21. The number of aryl methyl sites for hydroxylation is 1. The van der Waals surface area contributed by atoms with Crippen molar-refractivity contribution >= 4 is 5.91 Å². The molecule has 2 N–H and O–H groups in total. The smallest absolute Gasteiger partial charge is 0.224 e. The van der Waals surface area contributed by atoms with Gasteiger partial charge in [0.25, 0.3) is 0 Å². The van der Waals surface area contributed by atoms with Gasteiger partial charge in [-0.3, -0.25) is 4.79 Å². The van der Waals surface area contributed by atoms with Crippen LogP contribution in [0.25, 0.3) is 0 Å². The molecule has 1 aromatic rings. The van der Waals surface area contributed by atoms with Crippen LogP contribution >= 0.6 is 0 Å². The number of ether oxygens (including phenoxy) is 1. The van der Waals surface area contributed by atoms with Gasteiger partial charge in [0.1, 0.15) is 5.75 Å². The summed E-state index contributed by atoms with van der Waals surface area (Å²) in [5.74, 6) is 1.06. The number of hydrogen-bond donors (Lipinski definition) is 2. The van der Waals surface area contributed by atoms with Gasteiger partial charge in [0.2, 0.25) is 5.91 Å². The molecule has 0 saturated heterocycles. The van der Waals surface area contributed by atoms with E-state index in [1.165, 1.54) is 0 Å². The number of aliphatic hydroxyl groups is 1. The summed E-state index contributed by atoms with van der Waals surface area (Å²) >= 11 is 0. The number of aliphatic hydroxyl groups excluding tert-OH is 1. The van der Waals surface area contributed by atoms with Crippen LogP contribution in [0.15, 0.2) is 18.2 Å². The van der Waals surface area contributed by atoms with E-state index in [0.717, 1.165) is 23.3 Å². The lowest BCUT2D eigenvalue weighted by atomic mass is 10.0. The molecule has 0 bridgehead atoms. The summed E-state index contributed by atoms with van der Waals surface area (Å²) < 4.78 is 5.27. The molecule has 4 heteroatoms. The topological polar surface area (TPSA) is 58.6 Å². The van der Waals surface area contributed by atoms with Crippen molar-refractivity contribution in [3.05, 3.63) is 29.3 Å². The van der Waals surface area contributed by atoms with Crippen LogP contribution in [0.2, 0.25) is 0 Å². The van der Waals surface area contributed by atoms with Crippen molar-refractivity contribution in [3.63, 3.8) is 0 Å². The van der Waals surface area contributed by atoms with Crippen LogP contribution in [0, 0.1) is 12.8 Å². The lowest BCUT2D eigenvalue weighted by molar-refractivity contribution is -0.121. The second-order valence-electron chi connectivity index (χ2n) is 5.57. The molecule has 1 amide bonds. The molecule has 0 fully saturated rings.